The maximum absolute atomic E-state index is 4.05. The SMILES string of the molecule is C=C(NC)c1ccccc1[SiH2]C(C)CC. The third kappa shape index (κ3) is 3.24. The van der Waals surface area contributed by atoms with Gasteiger partial charge in [0.25, 0.3) is 0 Å². The van der Waals surface area contributed by atoms with E-state index in [0.717, 1.165) is 11.2 Å². The molecule has 1 N–H and O–H groups in total. The number of benzene rings is 1. The Labute approximate surface area is 95.4 Å². The molecular formula is C13H21NSi. The highest BCUT2D eigenvalue weighted by atomic mass is 28.2. The van der Waals surface area contributed by atoms with Gasteiger partial charge in [-0.05, 0) is 11.1 Å². The van der Waals surface area contributed by atoms with E-state index in [-0.39, 0.29) is 9.52 Å². The van der Waals surface area contributed by atoms with E-state index in [4.69, 9.17) is 0 Å². The van der Waals surface area contributed by atoms with Crippen LogP contribution in [0.1, 0.15) is 25.8 Å². The number of hydrogen-bond acceptors (Lipinski definition) is 1. The van der Waals surface area contributed by atoms with Crippen molar-refractivity contribution in [3.8, 4) is 0 Å². The highest BCUT2D eigenvalue weighted by molar-refractivity contribution is 6.56. The van der Waals surface area contributed by atoms with Gasteiger partial charge in [0, 0.05) is 12.7 Å². The van der Waals surface area contributed by atoms with Crippen molar-refractivity contribution < 1.29 is 0 Å². The van der Waals surface area contributed by atoms with E-state index in [1.807, 2.05) is 7.05 Å². The van der Waals surface area contributed by atoms with Gasteiger partial charge in [-0.3, -0.25) is 0 Å². The summed E-state index contributed by atoms with van der Waals surface area (Å²) in [6, 6.07) is 8.66. The van der Waals surface area contributed by atoms with Crippen molar-refractivity contribution in [3.05, 3.63) is 36.4 Å². The summed E-state index contributed by atoms with van der Waals surface area (Å²) in [5, 5.41) is 4.67. The summed E-state index contributed by atoms with van der Waals surface area (Å²) >= 11 is 0. The number of rotatable bonds is 5. The first-order chi connectivity index (χ1) is 7.19. The van der Waals surface area contributed by atoms with Gasteiger partial charge in [0.15, 0.2) is 0 Å². The minimum Gasteiger partial charge on any atom is -0.388 e. The Morgan fingerprint density at radius 2 is 2.13 bits per heavy atom. The highest BCUT2D eigenvalue weighted by Gasteiger charge is 2.07. The van der Waals surface area contributed by atoms with Gasteiger partial charge in [-0.2, -0.15) is 0 Å². The molecule has 1 unspecified atom stereocenters. The fourth-order valence-corrected chi connectivity index (χ4v) is 3.51. The zero-order valence-electron chi connectivity index (χ0n) is 10.0. The summed E-state index contributed by atoms with van der Waals surface area (Å²) in [6.45, 7) is 8.67. The molecule has 82 valence electrons. The zero-order valence-corrected chi connectivity index (χ0v) is 11.4. The van der Waals surface area contributed by atoms with Gasteiger partial charge in [0.1, 0.15) is 0 Å². The first-order valence-corrected chi connectivity index (χ1v) is 7.16. The van der Waals surface area contributed by atoms with Crippen molar-refractivity contribution in [3.63, 3.8) is 0 Å². The molecule has 0 aliphatic rings. The highest BCUT2D eigenvalue weighted by Crippen LogP contribution is 2.10. The molecule has 1 rings (SSSR count). The van der Waals surface area contributed by atoms with Gasteiger partial charge in [0.2, 0.25) is 0 Å². The van der Waals surface area contributed by atoms with Gasteiger partial charge in [-0.1, -0.05) is 56.3 Å². The molecule has 0 radical (unpaired) electrons. The maximum Gasteiger partial charge on any atom is 0.0584 e. The van der Waals surface area contributed by atoms with Crippen LogP contribution in [0.15, 0.2) is 30.8 Å². The zero-order chi connectivity index (χ0) is 11.3. The van der Waals surface area contributed by atoms with Crippen molar-refractivity contribution >= 4 is 20.4 Å². The molecule has 0 spiro atoms. The third-order valence-corrected chi connectivity index (χ3v) is 5.24. The second-order valence-electron chi connectivity index (χ2n) is 4.10. The van der Waals surface area contributed by atoms with Gasteiger partial charge in [-0.15, -0.1) is 0 Å². The van der Waals surface area contributed by atoms with Crippen molar-refractivity contribution in [2.24, 2.45) is 0 Å². The van der Waals surface area contributed by atoms with Gasteiger partial charge >= 0.3 is 0 Å². The van der Waals surface area contributed by atoms with E-state index in [2.05, 4.69) is 50.0 Å². The lowest BCUT2D eigenvalue weighted by Gasteiger charge is -2.14. The van der Waals surface area contributed by atoms with E-state index in [0.29, 0.717) is 0 Å². The van der Waals surface area contributed by atoms with Crippen molar-refractivity contribution in [1.29, 1.82) is 0 Å². The minimum absolute atomic E-state index is 0.169. The van der Waals surface area contributed by atoms with Crippen LogP contribution in [0.25, 0.3) is 5.70 Å². The van der Waals surface area contributed by atoms with Crippen LogP contribution in [-0.4, -0.2) is 16.6 Å². The maximum atomic E-state index is 4.05. The molecule has 1 aromatic carbocycles. The Morgan fingerprint density at radius 1 is 1.47 bits per heavy atom. The fraction of sp³-hybridized carbons (Fsp3) is 0.385. The lowest BCUT2D eigenvalue weighted by molar-refractivity contribution is 0.874. The molecule has 1 nitrogen and oxygen atoms in total. The quantitative estimate of drug-likeness (QED) is 0.746. The Balaban J connectivity index is 2.91. The molecule has 0 heterocycles. The van der Waals surface area contributed by atoms with Crippen molar-refractivity contribution in [2.45, 2.75) is 25.8 Å². The lowest BCUT2D eigenvalue weighted by atomic mass is 10.2. The van der Waals surface area contributed by atoms with E-state index < -0.39 is 0 Å². The van der Waals surface area contributed by atoms with Crippen LogP contribution in [-0.2, 0) is 0 Å². The molecule has 0 amide bonds. The first-order valence-electron chi connectivity index (χ1n) is 5.64. The Morgan fingerprint density at radius 3 is 2.73 bits per heavy atom. The molecular weight excluding hydrogens is 198 g/mol. The van der Waals surface area contributed by atoms with Crippen LogP contribution in [0.5, 0.6) is 0 Å². The van der Waals surface area contributed by atoms with E-state index >= 15 is 0 Å². The number of hydrogen-bond donors (Lipinski definition) is 1. The molecule has 0 saturated heterocycles. The second-order valence-corrected chi connectivity index (χ2v) is 6.67. The Kier molecular flexibility index (Phi) is 4.63. The lowest BCUT2D eigenvalue weighted by Crippen LogP contribution is -2.24. The summed E-state index contributed by atoms with van der Waals surface area (Å²) in [4.78, 5) is 0. The monoisotopic (exact) mass is 219 g/mol. The Hall–Kier alpha value is -1.02. The molecule has 1 aromatic rings. The topological polar surface area (TPSA) is 12.0 Å². The Bertz CT molecular complexity index is 333. The van der Waals surface area contributed by atoms with Crippen molar-refractivity contribution in [2.75, 3.05) is 7.05 Å². The van der Waals surface area contributed by atoms with Crippen LogP contribution in [0.3, 0.4) is 0 Å². The molecule has 0 aromatic heterocycles. The van der Waals surface area contributed by atoms with Crippen LogP contribution in [0.4, 0.5) is 0 Å². The summed E-state index contributed by atoms with van der Waals surface area (Å²) < 4.78 is 0. The predicted molar refractivity (Wildman–Crippen MR) is 72.4 cm³/mol. The summed E-state index contributed by atoms with van der Waals surface area (Å²) in [5.74, 6) is 0. The normalized spacial score (nSPS) is 13.0. The minimum atomic E-state index is -0.169. The van der Waals surface area contributed by atoms with Crippen LogP contribution >= 0.6 is 0 Å². The molecule has 0 fully saturated rings. The smallest absolute Gasteiger partial charge is 0.0584 e. The molecule has 0 saturated carbocycles. The van der Waals surface area contributed by atoms with E-state index in [1.165, 1.54) is 17.2 Å². The van der Waals surface area contributed by atoms with Gasteiger partial charge < -0.3 is 5.32 Å². The molecule has 2 heteroatoms. The standard InChI is InChI=1S/C13H21NSi/c1-5-10(2)15-13-9-7-6-8-12(13)11(3)14-4/h6-10,14H,3,5,15H2,1-2,4H3. The molecule has 0 bridgehead atoms. The molecule has 0 aliphatic heterocycles. The first kappa shape index (κ1) is 12.0. The molecule has 0 aliphatic carbocycles. The van der Waals surface area contributed by atoms with E-state index in [9.17, 15) is 0 Å². The third-order valence-electron chi connectivity index (χ3n) is 2.91. The summed E-state index contributed by atoms with van der Waals surface area (Å²) in [6.07, 6.45) is 1.28. The van der Waals surface area contributed by atoms with E-state index in [1.54, 1.807) is 0 Å². The number of nitrogens with one attached hydrogen (secondary N) is 1. The summed E-state index contributed by atoms with van der Waals surface area (Å²) in [7, 11) is 1.77. The van der Waals surface area contributed by atoms with Crippen molar-refractivity contribution in [1.82, 2.24) is 5.32 Å². The van der Waals surface area contributed by atoms with Crippen LogP contribution < -0.4 is 10.5 Å². The van der Waals surface area contributed by atoms with Crippen LogP contribution in [0.2, 0.25) is 5.54 Å². The largest absolute Gasteiger partial charge is 0.388 e. The second kappa shape index (κ2) is 5.76. The average Bonchev–Trinajstić information content (AvgIpc) is 2.28. The fourth-order valence-electron chi connectivity index (χ4n) is 1.65. The predicted octanol–water partition coefficient (Wildman–Crippen LogP) is 1.89. The summed E-state index contributed by atoms with van der Waals surface area (Å²) in [5.41, 5.74) is 3.23. The van der Waals surface area contributed by atoms with Gasteiger partial charge in [-0.25, -0.2) is 0 Å². The average molecular weight is 219 g/mol. The molecule has 1 atom stereocenters. The molecule has 15 heavy (non-hydrogen) atoms. The van der Waals surface area contributed by atoms with Gasteiger partial charge in [0.05, 0.1) is 9.52 Å². The van der Waals surface area contributed by atoms with Crippen LogP contribution in [0, 0.1) is 0 Å².